The van der Waals surface area contributed by atoms with Crippen molar-refractivity contribution in [1.82, 2.24) is 5.32 Å². The van der Waals surface area contributed by atoms with E-state index in [9.17, 15) is 19.6 Å². The van der Waals surface area contributed by atoms with Gasteiger partial charge in [0, 0.05) is 12.1 Å². The van der Waals surface area contributed by atoms with Crippen molar-refractivity contribution in [3.8, 4) is 6.07 Å². The molecule has 196 valence electrons. The Morgan fingerprint density at radius 3 is 2.39 bits per heavy atom. The molecule has 0 radical (unpaired) electrons. The minimum absolute atomic E-state index is 0.0838. The third-order valence-corrected chi connectivity index (χ3v) is 5.66. The molecule has 0 aromatic heterocycles. The number of nitrogens with one attached hydrogen (secondary N) is 2. The Morgan fingerprint density at radius 2 is 1.68 bits per heavy atom. The maximum atomic E-state index is 13.3. The fourth-order valence-corrected chi connectivity index (χ4v) is 3.81. The summed E-state index contributed by atoms with van der Waals surface area (Å²) < 4.78 is 10.4. The van der Waals surface area contributed by atoms with Crippen LogP contribution >= 0.6 is 0 Å². The maximum Gasteiger partial charge on any atom is 0.337 e. The second-order valence-electron chi connectivity index (χ2n) is 8.67. The topological polar surface area (TPSA) is 138 Å². The van der Waals surface area contributed by atoms with E-state index in [1.807, 2.05) is 37.3 Å². The molecule has 3 aromatic rings. The van der Waals surface area contributed by atoms with Crippen molar-refractivity contribution < 1.29 is 29.0 Å². The van der Waals surface area contributed by atoms with Gasteiger partial charge in [0.1, 0.15) is 12.1 Å². The molecule has 1 amide bonds. The standard InChI is InChI=1S/C29H29N3O6/c1-19-6-3-7-20(12-19)14-26(31-24-11-5-10-23(15-24)29(36)37-2)27(33)32-25(16-30)18-38-17-21-8-4-9-22(13-21)28(34)35/h3-13,15,25-26,31H,14,17-18H2,1-2H3,(H,32,33)(H,34,35)/t25-,26+/m1/s1. The van der Waals surface area contributed by atoms with E-state index in [2.05, 4.69) is 10.6 Å². The second kappa shape index (κ2) is 13.6. The Bertz CT molecular complexity index is 1330. The lowest BCUT2D eigenvalue weighted by atomic mass is 10.0. The number of esters is 1. The predicted molar refractivity (Wildman–Crippen MR) is 141 cm³/mol. The number of carbonyl (C=O) groups excluding carboxylic acids is 2. The van der Waals surface area contributed by atoms with Crippen molar-refractivity contribution in [3.05, 3.63) is 101 Å². The van der Waals surface area contributed by atoms with Crippen LogP contribution in [0.1, 0.15) is 37.4 Å². The molecule has 9 nitrogen and oxygen atoms in total. The van der Waals surface area contributed by atoms with Gasteiger partial charge in [-0.1, -0.05) is 48.0 Å². The lowest BCUT2D eigenvalue weighted by Gasteiger charge is -2.22. The van der Waals surface area contributed by atoms with Gasteiger partial charge in [-0.2, -0.15) is 5.26 Å². The molecule has 3 aromatic carbocycles. The quantitative estimate of drug-likeness (QED) is 0.310. The normalized spacial score (nSPS) is 12.0. The first-order valence-electron chi connectivity index (χ1n) is 11.9. The van der Waals surface area contributed by atoms with Crippen LogP contribution in [0.15, 0.2) is 72.8 Å². The van der Waals surface area contributed by atoms with E-state index >= 15 is 0 Å². The number of carbonyl (C=O) groups is 3. The average Bonchev–Trinajstić information content (AvgIpc) is 2.92. The van der Waals surface area contributed by atoms with Crippen LogP contribution in [0.5, 0.6) is 0 Å². The number of methoxy groups -OCH3 is 1. The number of anilines is 1. The minimum atomic E-state index is -1.04. The third-order valence-electron chi connectivity index (χ3n) is 5.66. The number of nitrogens with zero attached hydrogens (tertiary/aromatic N) is 1. The van der Waals surface area contributed by atoms with Crippen LogP contribution in [0, 0.1) is 18.3 Å². The predicted octanol–water partition coefficient (Wildman–Crippen LogP) is 3.73. The molecular formula is C29H29N3O6. The summed E-state index contributed by atoms with van der Waals surface area (Å²) in [5.74, 6) is -1.96. The molecule has 9 heteroatoms. The van der Waals surface area contributed by atoms with Crippen LogP contribution in [0.3, 0.4) is 0 Å². The summed E-state index contributed by atoms with van der Waals surface area (Å²) in [5, 5.41) is 24.6. The van der Waals surface area contributed by atoms with Crippen molar-refractivity contribution in [1.29, 1.82) is 5.26 Å². The number of benzene rings is 3. The molecule has 2 atom stereocenters. The lowest BCUT2D eigenvalue weighted by Crippen LogP contribution is -2.46. The van der Waals surface area contributed by atoms with Gasteiger partial charge in [0.25, 0.3) is 0 Å². The number of hydrogen-bond acceptors (Lipinski definition) is 7. The minimum Gasteiger partial charge on any atom is -0.478 e. The van der Waals surface area contributed by atoms with Gasteiger partial charge in [-0.15, -0.1) is 0 Å². The summed E-state index contributed by atoms with van der Waals surface area (Å²) in [6.45, 7) is 1.95. The first kappa shape index (κ1) is 27.9. The number of amides is 1. The first-order chi connectivity index (χ1) is 18.3. The Hall–Kier alpha value is -4.68. The number of carboxylic acid groups (broad SMARTS) is 1. The molecule has 0 fully saturated rings. The molecule has 3 rings (SSSR count). The smallest absolute Gasteiger partial charge is 0.337 e. The largest absolute Gasteiger partial charge is 0.478 e. The van der Waals surface area contributed by atoms with Crippen LogP contribution in [-0.2, 0) is 27.3 Å². The molecule has 0 bridgehead atoms. The first-order valence-corrected chi connectivity index (χ1v) is 11.9. The molecule has 0 heterocycles. The number of hydrogen-bond donors (Lipinski definition) is 3. The highest BCUT2D eigenvalue weighted by molar-refractivity contribution is 5.91. The monoisotopic (exact) mass is 515 g/mol. The van der Waals surface area contributed by atoms with Gasteiger partial charge < -0.3 is 25.2 Å². The van der Waals surface area contributed by atoms with Crippen molar-refractivity contribution in [2.24, 2.45) is 0 Å². The summed E-state index contributed by atoms with van der Waals surface area (Å²) in [5.41, 5.74) is 3.62. The zero-order valence-electron chi connectivity index (χ0n) is 21.1. The zero-order valence-corrected chi connectivity index (χ0v) is 21.1. The maximum absolute atomic E-state index is 13.3. The number of ether oxygens (including phenoxy) is 2. The molecule has 0 aliphatic heterocycles. The third kappa shape index (κ3) is 8.18. The number of nitriles is 1. The highest BCUT2D eigenvalue weighted by Crippen LogP contribution is 2.16. The summed E-state index contributed by atoms with van der Waals surface area (Å²) in [7, 11) is 1.30. The Morgan fingerprint density at radius 1 is 0.974 bits per heavy atom. The number of rotatable bonds is 12. The van der Waals surface area contributed by atoms with Crippen LogP contribution in [-0.4, -0.2) is 48.8 Å². The van der Waals surface area contributed by atoms with Gasteiger partial charge in [-0.05, 0) is 48.4 Å². The van der Waals surface area contributed by atoms with Gasteiger partial charge >= 0.3 is 11.9 Å². The SMILES string of the molecule is COC(=O)c1cccc(N[C@@H](Cc2cccc(C)c2)C(=O)N[C@H](C#N)COCc2cccc(C(=O)O)c2)c1. The highest BCUT2D eigenvalue weighted by atomic mass is 16.5. The van der Waals surface area contributed by atoms with Crippen LogP contribution in [0.2, 0.25) is 0 Å². The average molecular weight is 516 g/mol. The molecule has 0 aliphatic carbocycles. The fourth-order valence-electron chi connectivity index (χ4n) is 3.81. The van der Waals surface area contributed by atoms with E-state index in [1.54, 1.807) is 36.4 Å². The van der Waals surface area contributed by atoms with Crippen molar-refractivity contribution in [2.45, 2.75) is 32.0 Å². The molecule has 0 aliphatic rings. The van der Waals surface area contributed by atoms with E-state index < -0.39 is 29.9 Å². The Kier molecular flexibility index (Phi) is 9.97. The van der Waals surface area contributed by atoms with E-state index in [4.69, 9.17) is 14.6 Å². The van der Waals surface area contributed by atoms with Gasteiger partial charge in [-0.3, -0.25) is 4.79 Å². The lowest BCUT2D eigenvalue weighted by molar-refractivity contribution is -0.122. The Balaban J connectivity index is 1.70. The van der Waals surface area contributed by atoms with Gasteiger partial charge in [0.2, 0.25) is 5.91 Å². The Labute approximate surface area is 221 Å². The number of aromatic carboxylic acids is 1. The second-order valence-corrected chi connectivity index (χ2v) is 8.67. The number of aryl methyl sites for hydroxylation is 1. The summed E-state index contributed by atoms with van der Waals surface area (Å²) in [4.78, 5) is 36.4. The van der Waals surface area contributed by atoms with Crippen molar-refractivity contribution >= 4 is 23.5 Å². The van der Waals surface area contributed by atoms with Crippen LogP contribution < -0.4 is 10.6 Å². The van der Waals surface area contributed by atoms with Crippen molar-refractivity contribution in [2.75, 3.05) is 19.0 Å². The molecule has 0 saturated carbocycles. The number of carboxylic acids is 1. The molecule has 0 saturated heterocycles. The summed E-state index contributed by atoms with van der Waals surface area (Å²) in [6.07, 6.45) is 0.330. The van der Waals surface area contributed by atoms with E-state index in [0.29, 0.717) is 23.2 Å². The molecular weight excluding hydrogens is 486 g/mol. The van der Waals surface area contributed by atoms with E-state index in [-0.39, 0.29) is 18.8 Å². The zero-order chi connectivity index (χ0) is 27.5. The van der Waals surface area contributed by atoms with Crippen LogP contribution in [0.25, 0.3) is 0 Å². The van der Waals surface area contributed by atoms with Gasteiger partial charge in [0.05, 0.1) is 37.5 Å². The summed E-state index contributed by atoms with van der Waals surface area (Å²) in [6, 6.07) is 21.0. The van der Waals surface area contributed by atoms with Crippen molar-refractivity contribution in [3.63, 3.8) is 0 Å². The van der Waals surface area contributed by atoms with Crippen LogP contribution in [0.4, 0.5) is 5.69 Å². The molecule has 38 heavy (non-hydrogen) atoms. The van der Waals surface area contributed by atoms with Gasteiger partial charge in [0.15, 0.2) is 0 Å². The van der Waals surface area contributed by atoms with Gasteiger partial charge in [-0.25, -0.2) is 9.59 Å². The summed E-state index contributed by atoms with van der Waals surface area (Å²) >= 11 is 0. The highest BCUT2D eigenvalue weighted by Gasteiger charge is 2.23. The van der Waals surface area contributed by atoms with E-state index in [0.717, 1.165) is 11.1 Å². The molecule has 3 N–H and O–H groups in total. The molecule has 0 spiro atoms. The fraction of sp³-hybridized carbons (Fsp3) is 0.241. The molecule has 0 unspecified atom stereocenters. The van der Waals surface area contributed by atoms with E-state index in [1.165, 1.54) is 19.2 Å².